The molecule has 0 bridgehead atoms. The average Bonchev–Trinajstić information content (AvgIpc) is 3.57. The number of rotatable bonds is 6. The maximum Gasteiger partial charge on any atom is 0.258 e. The highest BCUT2D eigenvalue weighted by atomic mass is 32.1. The van der Waals surface area contributed by atoms with E-state index in [9.17, 15) is 9.90 Å². The summed E-state index contributed by atoms with van der Waals surface area (Å²) in [6.07, 6.45) is 3.84. The van der Waals surface area contributed by atoms with Crippen molar-refractivity contribution in [2.75, 3.05) is 18.9 Å². The van der Waals surface area contributed by atoms with Crippen molar-refractivity contribution in [2.24, 2.45) is 7.05 Å². The molecule has 174 valence electrons. The number of aryl methyl sites for hydroxylation is 1. The summed E-state index contributed by atoms with van der Waals surface area (Å²) in [5.41, 5.74) is 2.43. The van der Waals surface area contributed by atoms with Crippen LogP contribution in [0, 0.1) is 0 Å². The summed E-state index contributed by atoms with van der Waals surface area (Å²) in [4.78, 5) is 27.8. The number of nitrogens with zero attached hydrogens (tertiary/aromatic N) is 6. The summed E-state index contributed by atoms with van der Waals surface area (Å²) in [6.45, 7) is 2.56. The Kier molecular flexibility index (Phi) is 5.62. The van der Waals surface area contributed by atoms with Crippen LogP contribution in [0.3, 0.4) is 0 Å². The van der Waals surface area contributed by atoms with Gasteiger partial charge in [0.25, 0.3) is 5.91 Å². The van der Waals surface area contributed by atoms with Gasteiger partial charge in [-0.3, -0.25) is 9.48 Å². The zero-order valence-electron chi connectivity index (χ0n) is 19.1. The smallest absolute Gasteiger partial charge is 0.258 e. The van der Waals surface area contributed by atoms with Crippen LogP contribution >= 0.6 is 11.3 Å². The lowest BCUT2D eigenvalue weighted by atomic mass is 9.91. The molecular formula is C24H25N7O2S. The molecule has 1 amide bonds. The Morgan fingerprint density at radius 2 is 2.00 bits per heavy atom. The zero-order chi connectivity index (χ0) is 23.9. The predicted octanol–water partition coefficient (Wildman–Crippen LogP) is 3.22. The van der Waals surface area contributed by atoms with Crippen molar-refractivity contribution in [2.45, 2.75) is 25.0 Å². The first kappa shape index (κ1) is 22.2. The highest BCUT2D eigenvalue weighted by Crippen LogP contribution is 2.36. The Morgan fingerprint density at radius 1 is 1.15 bits per heavy atom. The summed E-state index contributed by atoms with van der Waals surface area (Å²) in [5, 5.41) is 21.3. The lowest BCUT2D eigenvalue weighted by molar-refractivity contribution is -0.143. The van der Waals surface area contributed by atoms with E-state index >= 15 is 0 Å². The van der Waals surface area contributed by atoms with Gasteiger partial charge in [0, 0.05) is 50.4 Å². The number of carbonyl (C=O) groups excluding carboxylic acids is 1. The molecule has 1 aromatic carbocycles. The molecule has 1 saturated heterocycles. The number of carbonyl (C=O) groups is 1. The number of aliphatic hydroxyl groups is 1. The van der Waals surface area contributed by atoms with Crippen LogP contribution < -0.4 is 5.32 Å². The second-order valence-electron chi connectivity index (χ2n) is 8.47. The van der Waals surface area contributed by atoms with Gasteiger partial charge >= 0.3 is 0 Å². The number of nitrogens with one attached hydrogen (secondary N) is 1. The van der Waals surface area contributed by atoms with Gasteiger partial charge in [-0.1, -0.05) is 18.2 Å². The van der Waals surface area contributed by atoms with Crippen LogP contribution in [-0.4, -0.2) is 54.2 Å². The molecule has 10 heteroatoms. The van der Waals surface area contributed by atoms with Crippen molar-refractivity contribution >= 4 is 23.2 Å². The van der Waals surface area contributed by atoms with Gasteiger partial charge in [-0.15, -0.1) is 11.3 Å². The molecule has 0 aliphatic carbocycles. The van der Waals surface area contributed by atoms with E-state index in [0.29, 0.717) is 30.2 Å². The summed E-state index contributed by atoms with van der Waals surface area (Å²) in [6, 6.07) is 11.2. The number of hydrogen-bond acceptors (Lipinski definition) is 8. The molecule has 1 aliphatic heterocycles. The fourth-order valence-corrected chi connectivity index (χ4v) is 5.01. The number of likely N-dealkylation sites (tertiary alicyclic amines) is 1. The van der Waals surface area contributed by atoms with E-state index < -0.39 is 5.60 Å². The third kappa shape index (κ3) is 3.95. The number of thiazole rings is 1. The molecule has 0 spiro atoms. The van der Waals surface area contributed by atoms with E-state index in [-0.39, 0.29) is 11.9 Å². The Labute approximate surface area is 201 Å². The van der Waals surface area contributed by atoms with E-state index in [1.807, 2.05) is 54.4 Å². The molecular weight excluding hydrogens is 450 g/mol. The number of likely N-dealkylation sites (N-methyl/N-ethyl adjacent to an activating group) is 1. The summed E-state index contributed by atoms with van der Waals surface area (Å²) in [5.74, 6) is 0.236. The van der Waals surface area contributed by atoms with E-state index in [4.69, 9.17) is 4.98 Å². The summed E-state index contributed by atoms with van der Waals surface area (Å²) < 4.78 is 1.82. The van der Waals surface area contributed by atoms with Gasteiger partial charge in [0.05, 0.1) is 17.4 Å². The SMILES string of the molecule is CC(Nc1nccc(-c2csc(-c3cccc([C@]4(O)CCN(C)C4=O)c3)n2)n1)c1ccnn1C. The molecule has 4 heterocycles. The number of hydrogen-bond donors (Lipinski definition) is 2. The Bertz CT molecular complexity index is 1350. The van der Waals surface area contributed by atoms with Crippen molar-refractivity contribution in [1.82, 2.24) is 29.6 Å². The molecule has 34 heavy (non-hydrogen) atoms. The van der Waals surface area contributed by atoms with Gasteiger partial charge in [0.1, 0.15) is 10.7 Å². The molecule has 1 unspecified atom stereocenters. The van der Waals surface area contributed by atoms with Crippen LogP contribution in [0.5, 0.6) is 0 Å². The van der Waals surface area contributed by atoms with Crippen LogP contribution in [0.15, 0.2) is 54.2 Å². The Hall–Kier alpha value is -3.63. The normalized spacial score (nSPS) is 18.9. The number of anilines is 1. The summed E-state index contributed by atoms with van der Waals surface area (Å²) in [7, 11) is 3.61. The van der Waals surface area contributed by atoms with E-state index in [0.717, 1.165) is 22.0 Å². The molecule has 1 aliphatic rings. The van der Waals surface area contributed by atoms with Crippen LogP contribution in [-0.2, 0) is 17.4 Å². The number of aromatic nitrogens is 5. The third-order valence-electron chi connectivity index (χ3n) is 6.17. The second-order valence-corrected chi connectivity index (χ2v) is 9.32. The molecule has 3 aromatic heterocycles. The Morgan fingerprint density at radius 3 is 2.74 bits per heavy atom. The van der Waals surface area contributed by atoms with Gasteiger partial charge < -0.3 is 15.3 Å². The van der Waals surface area contributed by atoms with E-state index in [1.165, 1.54) is 11.3 Å². The van der Waals surface area contributed by atoms with E-state index in [2.05, 4.69) is 20.4 Å². The molecule has 1 fully saturated rings. The van der Waals surface area contributed by atoms with Gasteiger partial charge in [-0.05, 0) is 30.7 Å². The van der Waals surface area contributed by atoms with Crippen molar-refractivity contribution in [3.63, 3.8) is 0 Å². The maximum atomic E-state index is 12.5. The first-order chi connectivity index (χ1) is 16.3. The van der Waals surface area contributed by atoms with Crippen molar-refractivity contribution in [1.29, 1.82) is 0 Å². The quantitative estimate of drug-likeness (QED) is 0.441. The lowest BCUT2D eigenvalue weighted by Gasteiger charge is -2.21. The minimum Gasteiger partial charge on any atom is -0.375 e. The molecule has 9 nitrogen and oxygen atoms in total. The maximum absolute atomic E-state index is 12.5. The lowest BCUT2D eigenvalue weighted by Crippen LogP contribution is -2.36. The first-order valence-electron chi connectivity index (χ1n) is 11.0. The fourth-order valence-electron chi connectivity index (χ4n) is 4.20. The minimum atomic E-state index is -1.48. The van der Waals surface area contributed by atoms with Gasteiger partial charge in [-0.2, -0.15) is 5.10 Å². The monoisotopic (exact) mass is 475 g/mol. The zero-order valence-corrected chi connectivity index (χ0v) is 20.0. The average molecular weight is 476 g/mol. The summed E-state index contributed by atoms with van der Waals surface area (Å²) >= 11 is 1.49. The molecule has 0 saturated carbocycles. The third-order valence-corrected chi connectivity index (χ3v) is 7.06. The van der Waals surface area contributed by atoms with Crippen LogP contribution in [0.2, 0.25) is 0 Å². The number of benzene rings is 1. The van der Waals surface area contributed by atoms with Crippen molar-refractivity contribution in [3.05, 3.63) is 65.4 Å². The Balaban J connectivity index is 1.38. The van der Waals surface area contributed by atoms with Gasteiger partial charge in [0.15, 0.2) is 5.60 Å². The van der Waals surface area contributed by atoms with Crippen LogP contribution in [0.1, 0.15) is 30.6 Å². The largest absolute Gasteiger partial charge is 0.375 e. The molecule has 5 rings (SSSR count). The molecule has 4 aromatic rings. The van der Waals surface area contributed by atoms with Crippen molar-refractivity contribution in [3.8, 4) is 22.0 Å². The highest BCUT2D eigenvalue weighted by Gasteiger charge is 2.45. The van der Waals surface area contributed by atoms with Crippen LogP contribution in [0.25, 0.3) is 22.0 Å². The molecule has 2 N–H and O–H groups in total. The fraction of sp³-hybridized carbons (Fsp3) is 0.292. The molecule has 0 radical (unpaired) electrons. The molecule has 2 atom stereocenters. The van der Waals surface area contributed by atoms with E-state index in [1.54, 1.807) is 30.4 Å². The standard InChI is InChI=1S/C24H25N7O2S/c1-15(20-8-11-26-31(20)3)27-23-25-10-7-18(29-23)19-14-34-21(28-19)16-5-4-6-17(13-16)24(33)9-12-30(2)22(24)32/h4-8,10-11,13-15,33H,9,12H2,1-3H3,(H,25,27,29)/t15?,24-/m1/s1. The predicted molar refractivity (Wildman–Crippen MR) is 130 cm³/mol. The topological polar surface area (TPSA) is 109 Å². The van der Waals surface area contributed by atoms with Gasteiger partial charge in [-0.25, -0.2) is 15.0 Å². The first-order valence-corrected chi connectivity index (χ1v) is 11.9. The number of amides is 1. The van der Waals surface area contributed by atoms with Crippen LogP contribution in [0.4, 0.5) is 5.95 Å². The minimum absolute atomic E-state index is 0.0142. The van der Waals surface area contributed by atoms with Gasteiger partial charge in [0.2, 0.25) is 5.95 Å². The second kappa shape index (κ2) is 8.62. The highest BCUT2D eigenvalue weighted by molar-refractivity contribution is 7.13. The van der Waals surface area contributed by atoms with Crippen molar-refractivity contribution < 1.29 is 9.90 Å².